The number of carbonyl (C=O) groups excluding carboxylic acids is 3. The average Bonchev–Trinajstić information content (AvgIpc) is 3.64. The van der Waals surface area contributed by atoms with Crippen molar-refractivity contribution in [3.05, 3.63) is 83.9 Å². The SMILES string of the molecule is CC(=O)Nc1ccc(-c2[nH]c3ccc(NC(=O)[C@@H]4CCCN4C(=O)[C@@H](c4ccccc4)N(C(=O)O)C(C)(C)C)cc3c2C#N)cc1. The highest BCUT2D eigenvalue weighted by molar-refractivity contribution is 6.02. The van der Waals surface area contributed by atoms with Gasteiger partial charge >= 0.3 is 6.09 Å². The predicted molar refractivity (Wildman–Crippen MR) is 175 cm³/mol. The minimum atomic E-state index is -1.23. The van der Waals surface area contributed by atoms with Gasteiger partial charge < -0.3 is 25.6 Å². The molecule has 46 heavy (non-hydrogen) atoms. The van der Waals surface area contributed by atoms with Gasteiger partial charge in [-0.15, -0.1) is 0 Å². The quantitative estimate of drug-likeness (QED) is 0.195. The van der Waals surface area contributed by atoms with Crippen molar-refractivity contribution in [2.45, 2.75) is 58.2 Å². The molecule has 4 aromatic rings. The number of nitriles is 1. The van der Waals surface area contributed by atoms with Gasteiger partial charge in [0.1, 0.15) is 18.2 Å². The number of H-pyrrole nitrogens is 1. The zero-order valence-corrected chi connectivity index (χ0v) is 26.1. The molecule has 0 radical (unpaired) electrons. The third-order valence-electron chi connectivity index (χ3n) is 8.05. The minimum Gasteiger partial charge on any atom is -0.465 e. The number of rotatable bonds is 7. The van der Waals surface area contributed by atoms with Crippen molar-refractivity contribution in [2.24, 2.45) is 0 Å². The summed E-state index contributed by atoms with van der Waals surface area (Å²) in [6.45, 7) is 6.95. The zero-order valence-electron chi connectivity index (χ0n) is 26.1. The lowest BCUT2D eigenvalue weighted by atomic mass is 9.97. The lowest BCUT2D eigenvalue weighted by Gasteiger charge is -2.41. The molecular formula is C35H36N6O5. The van der Waals surface area contributed by atoms with E-state index in [1.165, 1.54) is 11.8 Å². The van der Waals surface area contributed by atoms with Crippen molar-refractivity contribution in [1.82, 2.24) is 14.8 Å². The van der Waals surface area contributed by atoms with Gasteiger partial charge in [0.2, 0.25) is 11.8 Å². The monoisotopic (exact) mass is 620 g/mol. The van der Waals surface area contributed by atoms with Gasteiger partial charge in [-0.1, -0.05) is 42.5 Å². The highest BCUT2D eigenvalue weighted by atomic mass is 16.4. The van der Waals surface area contributed by atoms with E-state index in [1.54, 1.807) is 93.6 Å². The van der Waals surface area contributed by atoms with Crippen LogP contribution in [0.4, 0.5) is 16.2 Å². The van der Waals surface area contributed by atoms with Gasteiger partial charge in [0.05, 0.1) is 11.3 Å². The van der Waals surface area contributed by atoms with E-state index < -0.39 is 35.5 Å². The smallest absolute Gasteiger partial charge is 0.408 e. The Morgan fingerprint density at radius 3 is 2.28 bits per heavy atom. The van der Waals surface area contributed by atoms with Crippen LogP contribution in [0.5, 0.6) is 0 Å². The second kappa shape index (κ2) is 12.8. The van der Waals surface area contributed by atoms with Crippen molar-refractivity contribution in [3.8, 4) is 17.3 Å². The second-order valence-corrected chi connectivity index (χ2v) is 12.3. The van der Waals surface area contributed by atoms with Crippen molar-refractivity contribution in [3.63, 3.8) is 0 Å². The van der Waals surface area contributed by atoms with Gasteiger partial charge in [0, 0.05) is 41.3 Å². The third-order valence-corrected chi connectivity index (χ3v) is 8.05. The minimum absolute atomic E-state index is 0.182. The van der Waals surface area contributed by atoms with Crippen molar-refractivity contribution < 1.29 is 24.3 Å². The molecule has 2 atom stereocenters. The van der Waals surface area contributed by atoms with Crippen LogP contribution in [-0.2, 0) is 14.4 Å². The highest BCUT2D eigenvalue weighted by Crippen LogP contribution is 2.35. The normalized spacial score (nSPS) is 15.2. The maximum atomic E-state index is 14.2. The fourth-order valence-electron chi connectivity index (χ4n) is 6.03. The summed E-state index contributed by atoms with van der Waals surface area (Å²) in [4.78, 5) is 57.6. The van der Waals surface area contributed by atoms with Gasteiger partial charge in [0.25, 0.3) is 5.91 Å². The molecule has 11 nitrogen and oxygen atoms in total. The summed E-state index contributed by atoms with van der Waals surface area (Å²) in [6, 6.07) is 21.4. The number of aromatic amines is 1. The number of nitrogens with zero attached hydrogens (tertiary/aromatic N) is 3. The molecule has 11 heteroatoms. The maximum Gasteiger partial charge on any atom is 0.408 e. The molecule has 0 bridgehead atoms. The van der Waals surface area contributed by atoms with E-state index in [2.05, 4.69) is 21.7 Å². The van der Waals surface area contributed by atoms with Gasteiger partial charge in [-0.2, -0.15) is 5.26 Å². The number of fused-ring (bicyclic) bond motifs is 1. The molecule has 0 aliphatic carbocycles. The van der Waals surface area contributed by atoms with E-state index in [0.29, 0.717) is 58.5 Å². The Bertz CT molecular complexity index is 1840. The summed E-state index contributed by atoms with van der Waals surface area (Å²) < 4.78 is 0. The van der Waals surface area contributed by atoms with Crippen LogP contribution in [0.3, 0.4) is 0 Å². The average molecular weight is 621 g/mol. The van der Waals surface area contributed by atoms with Crippen LogP contribution in [0.15, 0.2) is 72.8 Å². The summed E-state index contributed by atoms with van der Waals surface area (Å²) in [5.41, 5.74) is 3.20. The molecule has 0 spiro atoms. The lowest BCUT2D eigenvalue weighted by molar-refractivity contribution is -0.142. The van der Waals surface area contributed by atoms with Crippen LogP contribution in [0.25, 0.3) is 22.2 Å². The third kappa shape index (κ3) is 6.42. The molecule has 3 aromatic carbocycles. The van der Waals surface area contributed by atoms with Gasteiger partial charge in [-0.25, -0.2) is 4.79 Å². The van der Waals surface area contributed by atoms with Crippen LogP contribution in [0.1, 0.15) is 57.7 Å². The number of carbonyl (C=O) groups is 4. The van der Waals surface area contributed by atoms with E-state index in [1.807, 2.05) is 0 Å². The van der Waals surface area contributed by atoms with Crippen LogP contribution in [-0.4, -0.2) is 61.8 Å². The number of anilines is 2. The van der Waals surface area contributed by atoms with E-state index in [9.17, 15) is 29.5 Å². The van der Waals surface area contributed by atoms with E-state index >= 15 is 0 Å². The van der Waals surface area contributed by atoms with Crippen molar-refractivity contribution >= 4 is 46.1 Å². The van der Waals surface area contributed by atoms with E-state index in [0.717, 1.165) is 10.5 Å². The second-order valence-electron chi connectivity index (χ2n) is 12.3. The molecular weight excluding hydrogens is 584 g/mol. The number of hydrogen-bond acceptors (Lipinski definition) is 5. The summed E-state index contributed by atoms with van der Waals surface area (Å²) >= 11 is 0. The van der Waals surface area contributed by atoms with E-state index in [-0.39, 0.29) is 5.91 Å². The molecule has 1 saturated heterocycles. The fraction of sp³-hybridized carbons (Fsp3) is 0.286. The standard InChI is InChI=1S/C35H36N6O5/c1-21(42)37-24-14-12-22(13-15-24)30-27(20-36)26-19-25(16-17-28(26)39-30)38-32(43)29-11-8-18-40(29)33(44)31(23-9-6-5-7-10-23)41(34(45)46)35(2,3)4/h5-7,9-10,12-17,19,29,31,39H,8,11,18H2,1-4H3,(H,37,42)(H,38,43)(H,45,46)/t29-,31+/m0/s1. The Labute approximate surface area is 266 Å². The van der Waals surface area contributed by atoms with E-state index in [4.69, 9.17) is 0 Å². The summed E-state index contributed by atoms with van der Waals surface area (Å²) in [7, 11) is 0. The maximum absolute atomic E-state index is 14.2. The number of carboxylic acid groups (broad SMARTS) is 1. The molecule has 0 saturated carbocycles. The first-order valence-electron chi connectivity index (χ1n) is 15.0. The van der Waals surface area contributed by atoms with Gasteiger partial charge in [-0.3, -0.25) is 19.3 Å². The van der Waals surface area contributed by atoms with Gasteiger partial charge in [-0.05, 0) is 75.1 Å². The molecule has 1 aliphatic rings. The molecule has 4 amide bonds. The van der Waals surface area contributed by atoms with Crippen molar-refractivity contribution in [1.29, 1.82) is 5.26 Å². The Kier molecular flexibility index (Phi) is 8.82. The Morgan fingerprint density at radius 2 is 1.67 bits per heavy atom. The first kappa shape index (κ1) is 31.8. The predicted octanol–water partition coefficient (Wildman–Crippen LogP) is 6.11. The number of benzene rings is 3. The molecule has 1 aliphatic heterocycles. The number of likely N-dealkylation sites (tertiary alicyclic amines) is 1. The van der Waals surface area contributed by atoms with Crippen LogP contribution >= 0.6 is 0 Å². The molecule has 2 heterocycles. The largest absolute Gasteiger partial charge is 0.465 e. The molecule has 236 valence electrons. The highest BCUT2D eigenvalue weighted by Gasteiger charge is 2.44. The Hall–Kier alpha value is -5.63. The molecule has 1 aromatic heterocycles. The molecule has 5 rings (SSSR count). The summed E-state index contributed by atoms with van der Waals surface area (Å²) in [5.74, 6) is -1.03. The van der Waals surface area contributed by atoms with Crippen LogP contribution in [0.2, 0.25) is 0 Å². The number of aromatic nitrogens is 1. The topological polar surface area (TPSA) is 159 Å². The Balaban J connectivity index is 1.41. The molecule has 0 unspecified atom stereocenters. The van der Waals surface area contributed by atoms with Crippen LogP contribution in [0, 0.1) is 11.3 Å². The zero-order chi connectivity index (χ0) is 33.2. The first-order chi connectivity index (χ1) is 21.9. The number of amides is 4. The number of hydrogen-bond donors (Lipinski definition) is 4. The Morgan fingerprint density at radius 1 is 1.00 bits per heavy atom. The summed E-state index contributed by atoms with van der Waals surface area (Å²) in [5, 5.41) is 26.5. The first-order valence-corrected chi connectivity index (χ1v) is 15.0. The van der Waals surface area contributed by atoms with Gasteiger partial charge in [0.15, 0.2) is 0 Å². The lowest BCUT2D eigenvalue weighted by Crippen LogP contribution is -2.54. The summed E-state index contributed by atoms with van der Waals surface area (Å²) in [6.07, 6.45) is -0.213. The fourth-order valence-corrected chi connectivity index (χ4v) is 6.03. The molecule has 1 fully saturated rings. The molecule has 4 N–H and O–H groups in total. The van der Waals surface area contributed by atoms with Crippen LogP contribution < -0.4 is 10.6 Å². The number of nitrogens with one attached hydrogen (secondary N) is 3. The van der Waals surface area contributed by atoms with Crippen molar-refractivity contribution in [2.75, 3.05) is 17.2 Å².